The Morgan fingerprint density at radius 2 is 2.08 bits per heavy atom. The van der Waals surface area contributed by atoms with Gasteiger partial charge in [-0.25, -0.2) is 0 Å². The number of carbonyl (C=O) groups is 1. The van der Waals surface area contributed by atoms with Gasteiger partial charge in [-0.05, 0) is 0 Å². The van der Waals surface area contributed by atoms with E-state index in [4.69, 9.17) is 4.42 Å². The molecular weight excluding hydrogens is 360 g/mol. The van der Waals surface area contributed by atoms with Gasteiger partial charge in [0.15, 0.2) is 0 Å². The summed E-state index contributed by atoms with van der Waals surface area (Å²) in [6.07, 6.45) is 0. The number of para-hydroxylation sites is 1. The number of hydrogen-bond acceptors (Lipinski definition) is 3. The molecule has 0 atom stereocenters. The first-order valence-electron chi connectivity index (χ1n) is 3.70. The molecule has 0 aliphatic heterocycles. The van der Waals surface area contributed by atoms with Crippen LogP contribution in [0.3, 0.4) is 0 Å². The van der Waals surface area contributed by atoms with Gasteiger partial charge < -0.3 is 0 Å². The average molecular weight is 366 g/mol. The van der Waals surface area contributed by atoms with E-state index < -0.39 is 0 Å². The van der Waals surface area contributed by atoms with Gasteiger partial charge in [0.25, 0.3) is 0 Å². The second kappa shape index (κ2) is 3.13. The topological polar surface area (TPSA) is 50.4 Å². The minimum atomic E-state index is -0.103. The normalized spacial score (nSPS) is 10.4. The van der Waals surface area contributed by atoms with E-state index in [9.17, 15) is 9.90 Å². The maximum atomic E-state index is 11.1. The number of benzene rings is 1. The zero-order valence-electron chi connectivity index (χ0n) is 6.65. The van der Waals surface area contributed by atoms with E-state index in [1.807, 2.05) is 0 Å². The summed E-state index contributed by atoms with van der Waals surface area (Å²) in [6, 6.07) is 7.05. The van der Waals surface area contributed by atoms with E-state index >= 15 is 0 Å². The minimum absolute atomic E-state index is 0.0249. The summed E-state index contributed by atoms with van der Waals surface area (Å²) in [5, 5.41) is 10.2. The Bertz CT molecular complexity index is 473. The Kier molecular flexibility index (Phi) is 2.11. The number of hydrogen-bond donors (Lipinski definition) is 1. The van der Waals surface area contributed by atoms with Gasteiger partial charge in [-0.2, -0.15) is 0 Å². The summed E-state index contributed by atoms with van der Waals surface area (Å²) in [7, 11) is 0. The van der Waals surface area contributed by atoms with E-state index in [1.165, 1.54) is 0 Å². The summed E-state index contributed by atoms with van der Waals surface area (Å²) < 4.78 is 5.10. The fourth-order valence-electron chi connectivity index (χ4n) is 1.20. The molecule has 0 saturated heterocycles. The Morgan fingerprint density at radius 3 is 2.69 bits per heavy atom. The molecule has 0 unspecified atom stereocenters. The summed E-state index contributed by atoms with van der Waals surface area (Å²) >= 11 is 0.150. The quantitative estimate of drug-likeness (QED) is 0.778. The first-order valence-corrected chi connectivity index (χ1v) is 5.95. The van der Waals surface area contributed by atoms with E-state index in [-0.39, 0.29) is 40.6 Å². The van der Waals surface area contributed by atoms with E-state index in [1.54, 1.807) is 24.3 Å². The fourth-order valence-corrected chi connectivity index (χ4v) is 1.96. The number of fused-ring (bicyclic) bond motifs is 1. The van der Waals surface area contributed by atoms with Crippen LogP contribution in [-0.4, -0.2) is 34.2 Å². The molecule has 0 fully saturated rings. The Hall–Kier alpha value is -0.848. The van der Waals surface area contributed by atoms with Gasteiger partial charge in [0.1, 0.15) is 0 Å². The first kappa shape index (κ1) is 8.74. The zero-order chi connectivity index (χ0) is 9.42. The van der Waals surface area contributed by atoms with Gasteiger partial charge in [0, 0.05) is 0 Å². The van der Waals surface area contributed by atoms with Crippen molar-refractivity contribution in [3.8, 4) is 5.75 Å². The molecule has 2 rings (SSSR count). The fraction of sp³-hybridized carbons (Fsp3) is 0. The molecule has 0 bridgehead atoms. The molecule has 1 N–H and O–H groups in total. The summed E-state index contributed by atoms with van der Waals surface area (Å²) in [6.45, 7) is 0. The van der Waals surface area contributed by atoms with Crippen LogP contribution < -0.4 is 0 Å². The summed E-state index contributed by atoms with van der Waals surface area (Å²) in [5.41, 5.74) is 0.559. The van der Waals surface area contributed by atoms with Crippen LogP contribution in [-0.2, 0) is 0 Å². The summed E-state index contributed by atoms with van der Waals surface area (Å²) in [5.74, 6) is 0.0781. The van der Waals surface area contributed by atoms with Gasteiger partial charge in [-0.1, -0.05) is 0 Å². The molecule has 4 heteroatoms. The van der Waals surface area contributed by atoms with Crippen molar-refractivity contribution in [3.05, 3.63) is 30.0 Å². The molecule has 1 aromatic carbocycles. The molecule has 1 heterocycles. The third kappa shape index (κ3) is 1.37. The molecule has 1 aromatic heterocycles. The van der Waals surface area contributed by atoms with Crippen LogP contribution >= 0.6 is 0 Å². The van der Waals surface area contributed by atoms with E-state index in [0.29, 0.717) is 11.0 Å². The van der Waals surface area contributed by atoms with Crippen molar-refractivity contribution in [1.29, 1.82) is 0 Å². The molecule has 0 spiro atoms. The third-order valence-corrected chi connectivity index (χ3v) is 2.81. The number of furan rings is 1. The van der Waals surface area contributed by atoms with Gasteiger partial charge in [-0.3, -0.25) is 0 Å². The standard InChI is InChI=1S/C9H5O3.Tl/c10-5-8-9(11)6-3-1-2-4-7(6)12-8;/h1-4,11H;. The predicted octanol–water partition coefficient (Wildman–Crippen LogP) is 1.45. The Morgan fingerprint density at radius 1 is 1.38 bits per heavy atom. The molecule has 0 amide bonds. The molecule has 2 aromatic rings. The second-order valence-electron chi connectivity index (χ2n) is 2.64. The molecule has 62 valence electrons. The van der Waals surface area contributed by atoms with Crippen LogP contribution in [0.25, 0.3) is 11.0 Å². The summed E-state index contributed by atoms with van der Waals surface area (Å²) in [4.78, 5) is 11.1. The molecule has 3 nitrogen and oxygen atoms in total. The monoisotopic (exact) mass is 366 g/mol. The molecule has 0 radical (unpaired) electrons. The van der Waals surface area contributed by atoms with Gasteiger partial charge in [0.2, 0.25) is 0 Å². The molecule has 13 heavy (non-hydrogen) atoms. The van der Waals surface area contributed by atoms with Crippen molar-refractivity contribution in [1.82, 2.24) is 0 Å². The van der Waals surface area contributed by atoms with Gasteiger partial charge in [-0.15, -0.1) is 0 Å². The average Bonchev–Trinajstić information content (AvgIpc) is 2.45. The van der Waals surface area contributed by atoms with E-state index in [2.05, 4.69) is 0 Å². The zero-order valence-corrected chi connectivity index (χ0v) is 11.1. The van der Waals surface area contributed by atoms with Gasteiger partial charge in [0.05, 0.1) is 0 Å². The van der Waals surface area contributed by atoms with Crippen molar-refractivity contribution in [3.63, 3.8) is 0 Å². The van der Waals surface area contributed by atoms with Crippen LogP contribution in [0.4, 0.5) is 0 Å². The molecule has 0 aliphatic rings. The Labute approximate surface area is 90.0 Å². The second-order valence-corrected chi connectivity index (χ2v) is 4.68. The van der Waals surface area contributed by atoms with Crippen molar-refractivity contribution in [2.75, 3.05) is 0 Å². The third-order valence-electron chi connectivity index (χ3n) is 1.79. The van der Waals surface area contributed by atoms with Crippen LogP contribution in [0.5, 0.6) is 5.75 Å². The number of rotatable bonds is 1. The number of aromatic hydroxyl groups is 1. The Balaban J connectivity index is 2.81. The van der Waals surface area contributed by atoms with Crippen LogP contribution in [0.15, 0.2) is 28.7 Å². The van der Waals surface area contributed by atoms with Crippen LogP contribution in [0.1, 0.15) is 10.6 Å². The first-order chi connectivity index (χ1) is 6.20. The predicted molar refractivity (Wildman–Crippen MR) is 48.0 cm³/mol. The van der Waals surface area contributed by atoms with Crippen molar-refractivity contribution in [2.45, 2.75) is 0 Å². The number of carbonyl (C=O) groups excluding carboxylic acids is 1. The van der Waals surface area contributed by atoms with Crippen LogP contribution in [0, 0.1) is 0 Å². The molecular formula is C9H5O3Tl. The maximum absolute atomic E-state index is 11.1. The van der Waals surface area contributed by atoms with Gasteiger partial charge >= 0.3 is 90.2 Å². The van der Waals surface area contributed by atoms with Crippen molar-refractivity contribution >= 4 is 40.1 Å². The van der Waals surface area contributed by atoms with Crippen molar-refractivity contribution in [2.24, 2.45) is 0 Å². The van der Waals surface area contributed by atoms with Crippen LogP contribution in [0.2, 0.25) is 0 Å². The van der Waals surface area contributed by atoms with Crippen molar-refractivity contribution < 1.29 is 14.3 Å². The van der Waals surface area contributed by atoms with E-state index in [0.717, 1.165) is 0 Å². The molecule has 0 aliphatic carbocycles. The molecule has 0 saturated carbocycles. The SMILES string of the molecule is O=[C]([Tl])c1oc2ccccc2c1O.